The molecule has 0 N–H and O–H groups in total. The molecule has 6 nitrogen and oxygen atoms in total. The Hall–Kier alpha value is -3.32. The van der Waals surface area contributed by atoms with Crippen LogP contribution < -0.4 is 0 Å². The van der Waals surface area contributed by atoms with Gasteiger partial charge in [0.1, 0.15) is 10.6 Å². The van der Waals surface area contributed by atoms with Crippen molar-refractivity contribution in [2.24, 2.45) is 4.99 Å². The van der Waals surface area contributed by atoms with Gasteiger partial charge in [0.15, 0.2) is 0 Å². The number of nitro groups is 1. The summed E-state index contributed by atoms with van der Waals surface area (Å²) >= 11 is 1.35. The van der Waals surface area contributed by atoms with E-state index >= 15 is 0 Å². The van der Waals surface area contributed by atoms with Gasteiger partial charge in [-0.2, -0.15) is 0 Å². The van der Waals surface area contributed by atoms with Crippen LogP contribution in [0.2, 0.25) is 0 Å². The number of hydrogen-bond acceptors (Lipinski definition) is 6. The minimum absolute atomic E-state index is 0.0156. The van der Waals surface area contributed by atoms with Crippen molar-refractivity contribution in [2.75, 3.05) is 6.61 Å². The minimum atomic E-state index is -0.453. The van der Waals surface area contributed by atoms with Crippen LogP contribution in [0, 0.1) is 10.1 Å². The highest BCUT2D eigenvalue weighted by molar-refractivity contribution is 7.14. The number of rotatable bonds is 6. The number of nitro benzene ring substituents is 1. The van der Waals surface area contributed by atoms with Crippen LogP contribution in [0.25, 0.3) is 11.1 Å². The number of carbonyl (C=O) groups excluding carboxylic acids is 1. The zero-order valence-corrected chi connectivity index (χ0v) is 15.3. The summed E-state index contributed by atoms with van der Waals surface area (Å²) in [7, 11) is 0. The molecule has 0 fully saturated rings. The molecule has 1 heterocycles. The van der Waals surface area contributed by atoms with Crippen molar-refractivity contribution in [1.29, 1.82) is 0 Å². The molecule has 0 saturated heterocycles. The Morgan fingerprint density at radius 3 is 2.52 bits per heavy atom. The predicted octanol–water partition coefficient (Wildman–Crippen LogP) is 5.25. The van der Waals surface area contributed by atoms with E-state index in [1.807, 2.05) is 35.7 Å². The van der Waals surface area contributed by atoms with E-state index in [4.69, 9.17) is 4.74 Å². The molecule has 0 unspecified atom stereocenters. The van der Waals surface area contributed by atoms with E-state index in [0.717, 1.165) is 11.1 Å². The van der Waals surface area contributed by atoms with Crippen molar-refractivity contribution in [1.82, 2.24) is 0 Å². The van der Waals surface area contributed by atoms with Crippen molar-refractivity contribution in [3.05, 3.63) is 81.2 Å². The first-order chi connectivity index (χ1) is 13.1. The number of benzene rings is 2. The third-order valence-corrected chi connectivity index (χ3v) is 4.66. The Labute approximate surface area is 159 Å². The van der Waals surface area contributed by atoms with Crippen molar-refractivity contribution < 1.29 is 14.5 Å². The second-order valence-corrected chi connectivity index (χ2v) is 6.38. The summed E-state index contributed by atoms with van der Waals surface area (Å²) in [6.07, 6.45) is 1.58. The quantitative estimate of drug-likeness (QED) is 0.253. The molecule has 3 aromatic rings. The highest BCUT2D eigenvalue weighted by atomic mass is 32.1. The second kappa shape index (κ2) is 8.37. The maximum Gasteiger partial charge on any atom is 0.341 e. The first kappa shape index (κ1) is 18.5. The number of esters is 1. The summed E-state index contributed by atoms with van der Waals surface area (Å²) in [6, 6.07) is 15.6. The molecule has 0 amide bonds. The number of carbonyl (C=O) groups is 1. The first-order valence-electron chi connectivity index (χ1n) is 8.22. The third kappa shape index (κ3) is 4.27. The molecule has 0 radical (unpaired) electrons. The number of thiophene rings is 1. The van der Waals surface area contributed by atoms with Gasteiger partial charge in [-0.1, -0.05) is 30.3 Å². The number of non-ortho nitro benzene ring substituents is 1. The maximum atomic E-state index is 12.5. The molecule has 2 aromatic carbocycles. The molecule has 136 valence electrons. The lowest BCUT2D eigenvalue weighted by Gasteiger charge is -2.05. The summed E-state index contributed by atoms with van der Waals surface area (Å²) in [5.74, 6) is -0.423. The Balaban J connectivity index is 1.96. The van der Waals surface area contributed by atoms with Crippen LogP contribution in [0.3, 0.4) is 0 Å². The first-order valence-corrected chi connectivity index (χ1v) is 9.10. The van der Waals surface area contributed by atoms with E-state index in [1.165, 1.54) is 23.5 Å². The molecule has 3 rings (SSSR count). The molecule has 0 atom stereocenters. The van der Waals surface area contributed by atoms with E-state index in [1.54, 1.807) is 25.3 Å². The monoisotopic (exact) mass is 380 g/mol. The fourth-order valence-electron chi connectivity index (χ4n) is 2.49. The summed E-state index contributed by atoms with van der Waals surface area (Å²) in [5.41, 5.74) is 2.82. The van der Waals surface area contributed by atoms with Crippen LogP contribution >= 0.6 is 11.3 Å². The molecule has 0 aliphatic rings. The fraction of sp³-hybridized carbons (Fsp3) is 0.100. The standard InChI is InChI=1S/C20H16N2O4S/c1-2-26-20(23)18-17(15-6-4-3-5-7-15)13-27-19(18)21-12-14-8-10-16(11-9-14)22(24)25/h3-13H,2H2,1H3. The molecule has 0 aliphatic carbocycles. The molecular weight excluding hydrogens is 364 g/mol. The van der Waals surface area contributed by atoms with Crippen molar-refractivity contribution in [2.45, 2.75) is 6.92 Å². The molecule has 1 aromatic heterocycles. The van der Waals surface area contributed by atoms with Gasteiger partial charge in [-0.25, -0.2) is 9.79 Å². The molecule has 0 aliphatic heterocycles. The van der Waals surface area contributed by atoms with Gasteiger partial charge in [0.05, 0.1) is 11.5 Å². The van der Waals surface area contributed by atoms with Crippen LogP contribution in [-0.4, -0.2) is 23.7 Å². The largest absolute Gasteiger partial charge is 0.462 e. The third-order valence-electron chi connectivity index (χ3n) is 3.77. The Bertz CT molecular complexity index is 979. The lowest BCUT2D eigenvalue weighted by molar-refractivity contribution is -0.384. The second-order valence-electron chi connectivity index (χ2n) is 5.52. The molecule has 27 heavy (non-hydrogen) atoms. The Morgan fingerprint density at radius 2 is 1.89 bits per heavy atom. The number of hydrogen-bond donors (Lipinski definition) is 0. The average molecular weight is 380 g/mol. The number of aliphatic imine (C=N–C) groups is 1. The zero-order valence-electron chi connectivity index (χ0n) is 14.5. The van der Waals surface area contributed by atoms with E-state index < -0.39 is 10.9 Å². The van der Waals surface area contributed by atoms with Crippen molar-refractivity contribution >= 4 is 34.2 Å². The molecular formula is C20H16N2O4S. The lowest BCUT2D eigenvalue weighted by atomic mass is 10.0. The van der Waals surface area contributed by atoms with Gasteiger partial charge in [-0.15, -0.1) is 11.3 Å². The number of nitrogens with zero attached hydrogens (tertiary/aromatic N) is 2. The van der Waals surface area contributed by atoms with Crippen LogP contribution in [0.4, 0.5) is 10.7 Å². The van der Waals surface area contributed by atoms with E-state index in [2.05, 4.69) is 4.99 Å². The molecule has 0 spiro atoms. The zero-order chi connectivity index (χ0) is 19.2. The molecule has 0 bridgehead atoms. The van der Waals surface area contributed by atoms with Crippen LogP contribution in [-0.2, 0) is 4.74 Å². The summed E-state index contributed by atoms with van der Waals surface area (Å²) < 4.78 is 5.20. The van der Waals surface area contributed by atoms with Gasteiger partial charge in [0.25, 0.3) is 5.69 Å². The minimum Gasteiger partial charge on any atom is -0.462 e. The highest BCUT2D eigenvalue weighted by Crippen LogP contribution is 2.38. The maximum absolute atomic E-state index is 12.5. The fourth-order valence-corrected chi connectivity index (χ4v) is 3.40. The Morgan fingerprint density at radius 1 is 1.19 bits per heavy atom. The number of ether oxygens (including phenoxy) is 1. The smallest absolute Gasteiger partial charge is 0.341 e. The summed E-state index contributed by atoms with van der Waals surface area (Å²) in [5, 5.41) is 13.1. The summed E-state index contributed by atoms with van der Waals surface area (Å²) in [6.45, 7) is 2.03. The van der Waals surface area contributed by atoms with Gasteiger partial charge >= 0.3 is 5.97 Å². The highest BCUT2D eigenvalue weighted by Gasteiger charge is 2.21. The van der Waals surface area contributed by atoms with Gasteiger partial charge in [-0.3, -0.25) is 10.1 Å². The average Bonchev–Trinajstić information content (AvgIpc) is 3.11. The predicted molar refractivity (Wildman–Crippen MR) is 106 cm³/mol. The van der Waals surface area contributed by atoms with Gasteiger partial charge in [0, 0.05) is 29.3 Å². The molecule has 0 saturated carbocycles. The van der Waals surface area contributed by atoms with Gasteiger partial charge < -0.3 is 4.74 Å². The normalized spacial score (nSPS) is 10.9. The van der Waals surface area contributed by atoms with Crippen molar-refractivity contribution in [3.8, 4) is 11.1 Å². The van der Waals surface area contributed by atoms with Crippen molar-refractivity contribution in [3.63, 3.8) is 0 Å². The lowest BCUT2D eigenvalue weighted by Crippen LogP contribution is -2.05. The van der Waals surface area contributed by atoms with E-state index in [-0.39, 0.29) is 12.3 Å². The van der Waals surface area contributed by atoms with Gasteiger partial charge in [0.2, 0.25) is 0 Å². The topological polar surface area (TPSA) is 81.8 Å². The van der Waals surface area contributed by atoms with Crippen LogP contribution in [0.15, 0.2) is 65.0 Å². The van der Waals surface area contributed by atoms with Crippen LogP contribution in [0.5, 0.6) is 0 Å². The molecule has 7 heteroatoms. The van der Waals surface area contributed by atoms with E-state index in [9.17, 15) is 14.9 Å². The van der Waals surface area contributed by atoms with Gasteiger partial charge in [-0.05, 0) is 30.2 Å². The summed E-state index contributed by atoms with van der Waals surface area (Å²) in [4.78, 5) is 27.2. The SMILES string of the molecule is CCOC(=O)c1c(-c2ccccc2)csc1N=Cc1ccc([N+](=O)[O-])cc1. The van der Waals surface area contributed by atoms with Crippen LogP contribution in [0.1, 0.15) is 22.8 Å². The van der Waals surface area contributed by atoms with E-state index in [0.29, 0.717) is 16.1 Å². The Kier molecular flexibility index (Phi) is 5.73.